The van der Waals surface area contributed by atoms with Gasteiger partial charge in [-0.1, -0.05) is 35.3 Å². The lowest BCUT2D eigenvalue weighted by Gasteiger charge is -2.42. The van der Waals surface area contributed by atoms with Crippen LogP contribution in [0.15, 0.2) is 42.5 Å². The molecule has 1 aliphatic heterocycles. The smallest absolute Gasteiger partial charge is 0.410 e. The average Bonchev–Trinajstić information content (AvgIpc) is 2.72. The van der Waals surface area contributed by atoms with Crippen LogP contribution in [0.25, 0.3) is 0 Å². The largest absolute Gasteiger partial charge is 0.444 e. The first kappa shape index (κ1) is 26.3. The van der Waals surface area contributed by atoms with Crippen molar-refractivity contribution in [2.75, 3.05) is 19.6 Å². The summed E-state index contributed by atoms with van der Waals surface area (Å²) < 4.78 is 19.1. The predicted octanol–water partition coefficient (Wildman–Crippen LogP) is 6.15. The van der Waals surface area contributed by atoms with Gasteiger partial charge in [-0.2, -0.15) is 0 Å². The molecule has 0 radical (unpaired) electrons. The fourth-order valence-electron chi connectivity index (χ4n) is 4.29. The molecule has 2 aromatic rings. The Bertz CT molecular complexity index is 993. The van der Waals surface area contributed by atoms with Crippen LogP contribution in [0.5, 0.6) is 0 Å². The van der Waals surface area contributed by atoms with Crippen molar-refractivity contribution >= 4 is 35.2 Å². The zero-order valence-electron chi connectivity index (χ0n) is 19.8. The Morgan fingerprint density at radius 3 is 2.21 bits per heavy atom. The number of carbonyl (C=O) groups is 2. The van der Waals surface area contributed by atoms with Gasteiger partial charge < -0.3 is 15.0 Å². The summed E-state index contributed by atoms with van der Waals surface area (Å²) in [5.41, 5.74) is 0.775. The Kier molecular flexibility index (Phi) is 8.47. The quantitative estimate of drug-likeness (QED) is 0.508. The van der Waals surface area contributed by atoms with Gasteiger partial charge >= 0.3 is 6.09 Å². The van der Waals surface area contributed by atoms with E-state index in [1.54, 1.807) is 23.1 Å². The van der Waals surface area contributed by atoms with Gasteiger partial charge in [0.15, 0.2) is 0 Å². The number of carbonyl (C=O) groups excluding carboxylic acids is 2. The van der Waals surface area contributed by atoms with Gasteiger partial charge in [-0.05, 0) is 81.5 Å². The third kappa shape index (κ3) is 7.34. The summed E-state index contributed by atoms with van der Waals surface area (Å²) in [5, 5.41) is 4.10. The van der Waals surface area contributed by atoms with Crippen LogP contribution in [-0.4, -0.2) is 42.1 Å². The van der Waals surface area contributed by atoms with Crippen molar-refractivity contribution in [2.24, 2.45) is 0 Å². The van der Waals surface area contributed by atoms with Gasteiger partial charge in [-0.25, -0.2) is 9.18 Å². The number of nitrogens with one attached hydrogen (secondary N) is 1. The van der Waals surface area contributed by atoms with Crippen LogP contribution >= 0.6 is 23.2 Å². The Labute approximate surface area is 210 Å². The molecule has 1 aliphatic rings. The Morgan fingerprint density at radius 1 is 1.06 bits per heavy atom. The van der Waals surface area contributed by atoms with Gasteiger partial charge in [-0.15, -0.1) is 0 Å². The molecule has 1 heterocycles. The summed E-state index contributed by atoms with van der Waals surface area (Å²) in [6.45, 7) is 6.86. The predicted molar refractivity (Wildman–Crippen MR) is 133 cm³/mol. The van der Waals surface area contributed by atoms with Gasteiger partial charge in [-0.3, -0.25) is 4.79 Å². The lowest BCUT2D eigenvalue weighted by molar-refractivity contribution is -0.122. The zero-order chi connectivity index (χ0) is 24.9. The lowest BCUT2D eigenvalue weighted by atomic mass is 9.70. The fraction of sp³-hybridized carbons (Fsp3) is 0.462. The van der Waals surface area contributed by atoms with Crippen LogP contribution in [0.2, 0.25) is 10.0 Å². The number of hydrogen-bond acceptors (Lipinski definition) is 3. The van der Waals surface area contributed by atoms with Crippen molar-refractivity contribution in [3.63, 3.8) is 0 Å². The number of likely N-dealkylation sites (tertiary alicyclic amines) is 1. The molecule has 8 heteroatoms. The molecule has 1 saturated heterocycles. The van der Waals surface area contributed by atoms with Gasteiger partial charge in [0.05, 0.1) is 0 Å². The molecule has 3 rings (SSSR count). The minimum atomic E-state index is -0.574. The molecule has 0 spiro atoms. The topological polar surface area (TPSA) is 58.6 Å². The normalized spacial score (nSPS) is 15.6. The minimum absolute atomic E-state index is 0.0943. The summed E-state index contributed by atoms with van der Waals surface area (Å²) >= 11 is 12.1. The number of rotatable bonds is 6. The number of hydrogen-bond donors (Lipinski definition) is 1. The Morgan fingerprint density at radius 2 is 1.65 bits per heavy atom. The monoisotopic (exact) mass is 508 g/mol. The van der Waals surface area contributed by atoms with Crippen molar-refractivity contribution in [3.05, 3.63) is 69.5 Å². The highest BCUT2D eigenvalue weighted by Crippen LogP contribution is 2.39. The van der Waals surface area contributed by atoms with Crippen LogP contribution in [0.3, 0.4) is 0 Å². The summed E-state index contributed by atoms with van der Waals surface area (Å²) in [6.07, 6.45) is 1.65. The second kappa shape index (κ2) is 11.0. The van der Waals surface area contributed by atoms with Crippen LogP contribution in [-0.2, 0) is 21.4 Å². The van der Waals surface area contributed by atoms with Crippen molar-refractivity contribution in [3.8, 4) is 0 Å². The third-order valence-corrected chi connectivity index (χ3v) is 6.42. The highest BCUT2D eigenvalue weighted by atomic mass is 35.5. The molecule has 34 heavy (non-hydrogen) atoms. The SMILES string of the molecule is CC(C)(C)OC(=O)N1CCC(CC(=O)NCCc2cc(Cl)cc(Cl)c2)(c2ccc(F)cc2)CC1. The number of amides is 2. The highest BCUT2D eigenvalue weighted by molar-refractivity contribution is 6.34. The molecule has 184 valence electrons. The highest BCUT2D eigenvalue weighted by Gasteiger charge is 2.40. The van der Waals surface area contributed by atoms with E-state index in [1.807, 2.05) is 32.9 Å². The molecule has 0 aliphatic carbocycles. The lowest BCUT2D eigenvalue weighted by Crippen LogP contribution is -2.48. The average molecular weight is 509 g/mol. The summed E-state index contributed by atoms with van der Waals surface area (Å²) in [4.78, 5) is 27.1. The molecule has 0 bridgehead atoms. The first-order valence-electron chi connectivity index (χ1n) is 11.4. The van der Waals surface area contributed by atoms with E-state index in [0.29, 0.717) is 48.9 Å². The number of halogens is 3. The van der Waals surface area contributed by atoms with Crippen LogP contribution < -0.4 is 5.32 Å². The standard InChI is InChI=1S/C26H31Cl2FN2O3/c1-25(2,3)34-24(33)31-12-9-26(10-13-31,19-4-6-22(29)7-5-19)17-23(32)30-11-8-18-14-20(27)16-21(28)15-18/h4-7,14-16H,8-13,17H2,1-3H3,(H,30,32). The fourth-order valence-corrected chi connectivity index (χ4v) is 4.86. The molecule has 5 nitrogen and oxygen atoms in total. The first-order chi connectivity index (χ1) is 16.0. The summed E-state index contributed by atoms with van der Waals surface area (Å²) in [7, 11) is 0. The molecule has 1 fully saturated rings. The number of piperidine rings is 1. The van der Waals surface area contributed by atoms with E-state index < -0.39 is 11.0 Å². The third-order valence-electron chi connectivity index (χ3n) is 5.99. The first-order valence-corrected chi connectivity index (χ1v) is 12.2. The van der Waals surface area contributed by atoms with Crippen molar-refractivity contribution in [1.29, 1.82) is 0 Å². The van der Waals surface area contributed by atoms with Crippen molar-refractivity contribution < 1.29 is 18.7 Å². The van der Waals surface area contributed by atoms with Crippen LogP contribution in [0.1, 0.15) is 51.2 Å². The molecule has 2 aromatic carbocycles. The molecule has 0 atom stereocenters. The number of nitrogens with zero attached hydrogens (tertiary/aromatic N) is 1. The maximum atomic E-state index is 13.6. The summed E-state index contributed by atoms with van der Waals surface area (Å²) in [5.74, 6) is -0.419. The van der Waals surface area contributed by atoms with Gasteiger partial charge in [0.2, 0.25) is 5.91 Å². The van der Waals surface area contributed by atoms with Gasteiger partial charge in [0.1, 0.15) is 11.4 Å². The van der Waals surface area contributed by atoms with E-state index in [2.05, 4.69) is 5.32 Å². The van der Waals surface area contributed by atoms with E-state index in [9.17, 15) is 14.0 Å². The molecular formula is C26H31Cl2FN2O3. The van der Waals surface area contributed by atoms with Gasteiger partial charge in [0.25, 0.3) is 0 Å². The van der Waals surface area contributed by atoms with E-state index in [1.165, 1.54) is 12.1 Å². The summed E-state index contributed by atoms with van der Waals surface area (Å²) in [6, 6.07) is 11.6. The second-order valence-corrected chi connectivity index (χ2v) is 10.7. The number of ether oxygens (including phenoxy) is 1. The maximum absolute atomic E-state index is 13.6. The second-order valence-electron chi connectivity index (χ2n) is 9.81. The van der Waals surface area contributed by atoms with E-state index >= 15 is 0 Å². The maximum Gasteiger partial charge on any atom is 0.410 e. The van der Waals surface area contributed by atoms with Crippen molar-refractivity contribution in [1.82, 2.24) is 10.2 Å². The molecule has 0 saturated carbocycles. The zero-order valence-corrected chi connectivity index (χ0v) is 21.3. The molecule has 0 aromatic heterocycles. The van der Waals surface area contributed by atoms with Gasteiger partial charge in [0, 0.05) is 41.5 Å². The number of benzene rings is 2. The molecule has 1 N–H and O–H groups in total. The van der Waals surface area contributed by atoms with Crippen LogP contribution in [0, 0.1) is 5.82 Å². The van der Waals surface area contributed by atoms with Crippen molar-refractivity contribution in [2.45, 2.75) is 57.5 Å². The van der Waals surface area contributed by atoms with E-state index in [0.717, 1.165) is 11.1 Å². The molecule has 0 unspecified atom stereocenters. The van der Waals surface area contributed by atoms with E-state index in [4.69, 9.17) is 27.9 Å². The van der Waals surface area contributed by atoms with E-state index in [-0.39, 0.29) is 24.2 Å². The van der Waals surface area contributed by atoms with Crippen LogP contribution in [0.4, 0.5) is 9.18 Å². The molecular weight excluding hydrogens is 478 g/mol. The molecule has 2 amide bonds. The Hall–Kier alpha value is -2.31. The Balaban J connectivity index is 1.66. The minimum Gasteiger partial charge on any atom is -0.444 e.